The lowest BCUT2D eigenvalue weighted by Gasteiger charge is -2.35. The number of amides is 1. The van der Waals surface area contributed by atoms with Gasteiger partial charge in [0.1, 0.15) is 5.00 Å². The lowest BCUT2D eigenvalue weighted by atomic mass is 9.94. The normalized spacial score (nSPS) is 16.1. The van der Waals surface area contributed by atoms with Crippen molar-refractivity contribution in [2.24, 2.45) is 0 Å². The van der Waals surface area contributed by atoms with Crippen molar-refractivity contribution in [3.05, 3.63) is 76.1 Å². The first kappa shape index (κ1) is 18.9. The highest BCUT2D eigenvalue weighted by atomic mass is 32.1. The quantitative estimate of drug-likeness (QED) is 0.683. The van der Waals surface area contributed by atoms with Crippen molar-refractivity contribution < 1.29 is 13.9 Å². The van der Waals surface area contributed by atoms with Crippen molar-refractivity contribution >= 4 is 22.2 Å². The highest BCUT2D eigenvalue weighted by molar-refractivity contribution is 7.16. The van der Waals surface area contributed by atoms with Crippen LogP contribution in [-0.2, 0) is 4.74 Å². The molecule has 1 N–H and O–H groups in total. The van der Waals surface area contributed by atoms with Crippen LogP contribution in [0.5, 0.6) is 0 Å². The van der Waals surface area contributed by atoms with Gasteiger partial charge in [-0.05, 0) is 37.1 Å². The van der Waals surface area contributed by atoms with E-state index in [1.54, 1.807) is 23.5 Å². The van der Waals surface area contributed by atoms with Crippen molar-refractivity contribution in [2.45, 2.75) is 19.9 Å². The summed E-state index contributed by atoms with van der Waals surface area (Å²) in [4.78, 5) is 16.3. The molecule has 0 aliphatic carbocycles. The number of benzene rings is 1. The minimum absolute atomic E-state index is 0.0713. The fourth-order valence-corrected chi connectivity index (χ4v) is 4.76. The topological polar surface area (TPSA) is 54.7 Å². The average Bonchev–Trinajstić information content (AvgIpc) is 3.35. The summed E-state index contributed by atoms with van der Waals surface area (Å²) >= 11 is 1.62. The molecule has 1 aliphatic rings. The predicted molar refractivity (Wildman–Crippen MR) is 111 cm³/mol. The van der Waals surface area contributed by atoms with E-state index in [2.05, 4.69) is 48.3 Å². The van der Waals surface area contributed by atoms with E-state index in [0.29, 0.717) is 5.76 Å². The highest BCUT2D eigenvalue weighted by Gasteiger charge is 2.30. The number of aryl methyl sites for hydroxylation is 1. The van der Waals surface area contributed by atoms with Crippen molar-refractivity contribution in [2.75, 3.05) is 31.6 Å². The number of hydrogen-bond acceptors (Lipinski definition) is 5. The maximum Gasteiger partial charge on any atom is 0.291 e. The molecule has 1 saturated heterocycles. The zero-order chi connectivity index (χ0) is 19.5. The van der Waals surface area contributed by atoms with Crippen LogP contribution in [0.25, 0.3) is 0 Å². The molecule has 2 aromatic heterocycles. The van der Waals surface area contributed by atoms with Gasteiger partial charge in [0.2, 0.25) is 0 Å². The summed E-state index contributed by atoms with van der Waals surface area (Å²) in [7, 11) is 0. The molecule has 3 heterocycles. The van der Waals surface area contributed by atoms with E-state index in [-0.39, 0.29) is 11.9 Å². The third kappa shape index (κ3) is 3.76. The van der Waals surface area contributed by atoms with Crippen molar-refractivity contribution in [3.8, 4) is 0 Å². The summed E-state index contributed by atoms with van der Waals surface area (Å²) in [6.45, 7) is 7.41. The molecule has 4 rings (SSSR count). The molecular weight excluding hydrogens is 372 g/mol. The van der Waals surface area contributed by atoms with Crippen molar-refractivity contribution in [1.29, 1.82) is 0 Å². The molecule has 1 amide bonds. The zero-order valence-corrected chi connectivity index (χ0v) is 16.9. The minimum Gasteiger partial charge on any atom is -0.459 e. The number of rotatable bonds is 5. The number of thiophene rings is 1. The number of anilines is 1. The van der Waals surface area contributed by atoms with Gasteiger partial charge in [0.25, 0.3) is 5.91 Å². The van der Waals surface area contributed by atoms with E-state index in [9.17, 15) is 4.79 Å². The number of nitrogens with zero attached hydrogens (tertiary/aromatic N) is 1. The maximum absolute atomic E-state index is 12.7. The van der Waals surface area contributed by atoms with Gasteiger partial charge in [-0.25, -0.2) is 0 Å². The first-order chi connectivity index (χ1) is 13.6. The molecule has 1 fully saturated rings. The minimum atomic E-state index is -0.221. The van der Waals surface area contributed by atoms with Gasteiger partial charge >= 0.3 is 0 Å². The summed E-state index contributed by atoms with van der Waals surface area (Å²) < 4.78 is 10.9. The fraction of sp³-hybridized carbons (Fsp3) is 0.318. The summed E-state index contributed by atoms with van der Waals surface area (Å²) in [5, 5.41) is 3.98. The summed E-state index contributed by atoms with van der Waals surface area (Å²) in [6, 6.07) is 14.0. The SMILES string of the molecule is Cc1sc(NC(=O)c2ccco2)c([C@H](c2ccccc2)N2CCOCC2)c1C. The zero-order valence-electron chi connectivity index (χ0n) is 16.1. The molecule has 1 aliphatic heterocycles. The van der Waals surface area contributed by atoms with E-state index in [1.807, 2.05) is 6.07 Å². The van der Waals surface area contributed by atoms with Gasteiger partial charge in [0.15, 0.2) is 5.76 Å². The van der Waals surface area contributed by atoms with E-state index >= 15 is 0 Å². The van der Waals surface area contributed by atoms with E-state index in [0.717, 1.165) is 36.9 Å². The Labute approximate surface area is 168 Å². The van der Waals surface area contributed by atoms with Crippen molar-refractivity contribution in [3.63, 3.8) is 0 Å². The Bertz CT molecular complexity index is 928. The van der Waals surface area contributed by atoms with Gasteiger partial charge in [-0.3, -0.25) is 9.69 Å². The van der Waals surface area contributed by atoms with E-state index in [4.69, 9.17) is 9.15 Å². The molecule has 5 nitrogen and oxygen atoms in total. The molecule has 146 valence electrons. The molecule has 0 unspecified atom stereocenters. The van der Waals surface area contributed by atoms with Gasteiger partial charge in [-0.1, -0.05) is 30.3 Å². The van der Waals surface area contributed by atoms with E-state index in [1.165, 1.54) is 22.3 Å². The van der Waals surface area contributed by atoms with Crippen LogP contribution in [0.1, 0.15) is 38.2 Å². The first-order valence-corrected chi connectivity index (χ1v) is 10.3. The number of ether oxygens (including phenoxy) is 1. The summed E-state index contributed by atoms with van der Waals surface area (Å²) in [5.41, 5.74) is 3.61. The van der Waals surface area contributed by atoms with Crippen LogP contribution in [0.3, 0.4) is 0 Å². The van der Waals surface area contributed by atoms with Crippen LogP contribution in [-0.4, -0.2) is 37.1 Å². The Balaban J connectivity index is 1.76. The first-order valence-electron chi connectivity index (χ1n) is 9.46. The van der Waals surface area contributed by atoms with Gasteiger partial charge in [0, 0.05) is 23.5 Å². The standard InChI is InChI=1S/C22H24N2O3S/c1-15-16(2)28-22(23-21(25)18-9-6-12-27-18)19(15)20(17-7-4-3-5-8-17)24-10-13-26-14-11-24/h3-9,12,20H,10-11,13-14H2,1-2H3,(H,23,25)/t20-/m0/s1. The molecule has 6 heteroatoms. The van der Waals surface area contributed by atoms with Crippen LogP contribution < -0.4 is 5.32 Å². The van der Waals surface area contributed by atoms with Crippen LogP contribution in [0.15, 0.2) is 53.1 Å². The number of nitrogens with one attached hydrogen (secondary N) is 1. The molecular formula is C22H24N2O3S. The summed E-state index contributed by atoms with van der Waals surface area (Å²) in [6.07, 6.45) is 1.52. The molecule has 0 bridgehead atoms. The average molecular weight is 397 g/mol. The smallest absolute Gasteiger partial charge is 0.291 e. The monoisotopic (exact) mass is 396 g/mol. The lowest BCUT2D eigenvalue weighted by molar-refractivity contribution is 0.0240. The van der Waals surface area contributed by atoms with Crippen LogP contribution in [0.4, 0.5) is 5.00 Å². The maximum atomic E-state index is 12.7. The molecule has 28 heavy (non-hydrogen) atoms. The number of carbonyl (C=O) groups excluding carboxylic acids is 1. The molecule has 0 radical (unpaired) electrons. The molecule has 0 spiro atoms. The second kappa shape index (κ2) is 8.31. The summed E-state index contributed by atoms with van der Waals surface area (Å²) in [5.74, 6) is 0.0959. The third-order valence-electron chi connectivity index (χ3n) is 5.20. The van der Waals surface area contributed by atoms with Crippen LogP contribution in [0.2, 0.25) is 0 Å². The van der Waals surface area contributed by atoms with E-state index < -0.39 is 0 Å². The van der Waals surface area contributed by atoms with Gasteiger partial charge in [-0.2, -0.15) is 0 Å². The second-order valence-electron chi connectivity index (χ2n) is 6.92. The Morgan fingerprint density at radius 2 is 1.86 bits per heavy atom. The number of furan rings is 1. The Morgan fingerprint density at radius 1 is 1.11 bits per heavy atom. The number of hydrogen-bond donors (Lipinski definition) is 1. The number of carbonyl (C=O) groups is 1. The van der Waals surface area contributed by atoms with Crippen molar-refractivity contribution in [1.82, 2.24) is 4.90 Å². The lowest BCUT2D eigenvalue weighted by Crippen LogP contribution is -2.39. The molecule has 1 atom stereocenters. The predicted octanol–water partition coefficient (Wildman–Crippen LogP) is 4.63. The second-order valence-corrected chi connectivity index (χ2v) is 8.14. The Hall–Kier alpha value is -2.41. The van der Waals surface area contributed by atoms with Gasteiger partial charge in [-0.15, -0.1) is 11.3 Å². The molecule has 0 saturated carbocycles. The third-order valence-corrected chi connectivity index (χ3v) is 6.34. The Morgan fingerprint density at radius 3 is 2.54 bits per heavy atom. The van der Waals surface area contributed by atoms with Crippen LogP contribution in [0, 0.1) is 13.8 Å². The van der Waals surface area contributed by atoms with Gasteiger partial charge in [0.05, 0.1) is 25.5 Å². The number of morpholine rings is 1. The largest absolute Gasteiger partial charge is 0.459 e. The molecule has 1 aromatic carbocycles. The highest BCUT2D eigenvalue weighted by Crippen LogP contribution is 2.42. The Kier molecular flexibility index (Phi) is 5.62. The van der Waals surface area contributed by atoms with Crippen LogP contribution >= 0.6 is 11.3 Å². The fourth-order valence-electron chi connectivity index (χ4n) is 3.67. The van der Waals surface area contributed by atoms with Gasteiger partial charge < -0.3 is 14.5 Å². The molecule has 3 aromatic rings.